The number of hydrogen-bond acceptors (Lipinski definition) is 4. The van der Waals surface area contributed by atoms with Gasteiger partial charge < -0.3 is 4.90 Å². The van der Waals surface area contributed by atoms with Crippen molar-refractivity contribution >= 4 is 0 Å². The standard InChI is InChI=1S/C16H23N5/c1-3-21-16(6-7-19-21)15-11-17-14(10-18-15)9-13-5-4-8-20(2)12-13/h6-7,10-11,13H,3-5,8-9,12H2,1-2H3/t13-/m1/s1. The highest BCUT2D eigenvalue weighted by Gasteiger charge is 2.18. The molecule has 2 aromatic heterocycles. The lowest BCUT2D eigenvalue weighted by molar-refractivity contribution is 0.208. The zero-order valence-corrected chi connectivity index (χ0v) is 12.9. The van der Waals surface area contributed by atoms with Crippen molar-refractivity contribution in [3.8, 4) is 11.4 Å². The predicted molar refractivity (Wildman–Crippen MR) is 82.9 cm³/mol. The molecule has 1 atom stereocenters. The van der Waals surface area contributed by atoms with Crippen LogP contribution in [0.15, 0.2) is 24.7 Å². The van der Waals surface area contributed by atoms with Crippen LogP contribution in [0.25, 0.3) is 11.4 Å². The summed E-state index contributed by atoms with van der Waals surface area (Å²) in [7, 11) is 2.20. The van der Waals surface area contributed by atoms with Gasteiger partial charge in [-0.15, -0.1) is 0 Å². The predicted octanol–water partition coefficient (Wildman–Crippen LogP) is 2.24. The fourth-order valence-electron chi connectivity index (χ4n) is 3.13. The van der Waals surface area contributed by atoms with Crippen LogP contribution in [0.4, 0.5) is 0 Å². The zero-order chi connectivity index (χ0) is 14.7. The van der Waals surface area contributed by atoms with Crippen LogP contribution in [0.3, 0.4) is 0 Å². The normalized spacial score (nSPS) is 19.8. The number of likely N-dealkylation sites (tertiary alicyclic amines) is 1. The zero-order valence-electron chi connectivity index (χ0n) is 12.9. The van der Waals surface area contributed by atoms with Gasteiger partial charge >= 0.3 is 0 Å². The highest BCUT2D eigenvalue weighted by atomic mass is 15.3. The van der Waals surface area contributed by atoms with Crippen molar-refractivity contribution in [3.63, 3.8) is 0 Å². The van der Waals surface area contributed by atoms with Crippen molar-refractivity contribution in [2.45, 2.75) is 32.7 Å². The molecule has 112 valence electrons. The minimum Gasteiger partial charge on any atom is -0.306 e. The van der Waals surface area contributed by atoms with Gasteiger partial charge in [0.25, 0.3) is 0 Å². The third-order valence-corrected chi connectivity index (χ3v) is 4.20. The van der Waals surface area contributed by atoms with E-state index in [9.17, 15) is 0 Å². The summed E-state index contributed by atoms with van der Waals surface area (Å²) in [5.74, 6) is 0.713. The number of aromatic nitrogens is 4. The Kier molecular flexibility index (Phi) is 4.29. The van der Waals surface area contributed by atoms with Gasteiger partial charge in [0.1, 0.15) is 5.69 Å². The van der Waals surface area contributed by atoms with Crippen molar-refractivity contribution < 1.29 is 0 Å². The topological polar surface area (TPSA) is 46.8 Å². The fourth-order valence-corrected chi connectivity index (χ4v) is 3.13. The molecule has 1 fully saturated rings. The molecule has 1 aliphatic rings. The maximum atomic E-state index is 4.61. The first-order chi connectivity index (χ1) is 10.3. The molecule has 0 N–H and O–H groups in total. The van der Waals surface area contributed by atoms with Crippen LogP contribution in [0, 0.1) is 5.92 Å². The SMILES string of the molecule is CCn1nccc1-c1cnc(C[C@H]2CCCN(C)C2)cn1. The summed E-state index contributed by atoms with van der Waals surface area (Å²) in [6, 6.07) is 1.99. The molecule has 0 amide bonds. The van der Waals surface area contributed by atoms with Crippen molar-refractivity contribution in [1.29, 1.82) is 0 Å². The van der Waals surface area contributed by atoms with Crippen molar-refractivity contribution in [2.24, 2.45) is 5.92 Å². The highest BCUT2D eigenvalue weighted by Crippen LogP contribution is 2.20. The summed E-state index contributed by atoms with van der Waals surface area (Å²) < 4.78 is 1.94. The average Bonchev–Trinajstić information content (AvgIpc) is 2.96. The van der Waals surface area contributed by atoms with Crippen LogP contribution in [-0.4, -0.2) is 44.8 Å². The van der Waals surface area contributed by atoms with Crippen molar-refractivity contribution in [2.75, 3.05) is 20.1 Å². The van der Waals surface area contributed by atoms with Crippen LogP contribution >= 0.6 is 0 Å². The summed E-state index contributed by atoms with van der Waals surface area (Å²) in [4.78, 5) is 11.6. The molecule has 0 saturated carbocycles. The Morgan fingerprint density at radius 2 is 2.19 bits per heavy atom. The molecule has 5 nitrogen and oxygen atoms in total. The smallest absolute Gasteiger partial charge is 0.107 e. The van der Waals surface area contributed by atoms with Gasteiger partial charge in [0.2, 0.25) is 0 Å². The second kappa shape index (κ2) is 6.35. The monoisotopic (exact) mass is 285 g/mol. The van der Waals surface area contributed by atoms with Crippen LogP contribution in [-0.2, 0) is 13.0 Å². The number of rotatable bonds is 4. The Morgan fingerprint density at radius 3 is 2.90 bits per heavy atom. The van der Waals surface area contributed by atoms with E-state index < -0.39 is 0 Å². The van der Waals surface area contributed by atoms with Gasteiger partial charge in [-0.05, 0) is 51.8 Å². The van der Waals surface area contributed by atoms with Gasteiger partial charge in [0.05, 0.1) is 17.6 Å². The van der Waals surface area contributed by atoms with E-state index in [1.165, 1.54) is 25.9 Å². The number of hydrogen-bond donors (Lipinski definition) is 0. The van der Waals surface area contributed by atoms with E-state index in [4.69, 9.17) is 0 Å². The lowest BCUT2D eigenvalue weighted by atomic mass is 9.94. The van der Waals surface area contributed by atoms with Crippen molar-refractivity contribution in [1.82, 2.24) is 24.6 Å². The van der Waals surface area contributed by atoms with E-state index in [2.05, 4.69) is 33.9 Å². The number of piperidine rings is 1. The molecule has 2 aromatic rings. The summed E-state index contributed by atoms with van der Waals surface area (Å²) in [5, 5.41) is 4.28. The molecule has 21 heavy (non-hydrogen) atoms. The minimum atomic E-state index is 0.713. The molecule has 0 aliphatic carbocycles. The molecule has 5 heteroatoms. The summed E-state index contributed by atoms with van der Waals surface area (Å²) in [6.45, 7) is 5.33. The summed E-state index contributed by atoms with van der Waals surface area (Å²) >= 11 is 0. The molecule has 0 radical (unpaired) electrons. The second-order valence-electron chi connectivity index (χ2n) is 5.90. The average molecular weight is 285 g/mol. The highest BCUT2D eigenvalue weighted by molar-refractivity contribution is 5.52. The number of aryl methyl sites for hydroxylation is 1. The molecule has 0 unspecified atom stereocenters. The van der Waals surface area contributed by atoms with E-state index in [0.717, 1.165) is 30.0 Å². The molecule has 0 bridgehead atoms. The lowest BCUT2D eigenvalue weighted by Crippen LogP contribution is -2.33. The largest absolute Gasteiger partial charge is 0.306 e. The molecule has 3 rings (SSSR count). The minimum absolute atomic E-state index is 0.713. The molecule has 1 saturated heterocycles. The van der Waals surface area contributed by atoms with Crippen LogP contribution in [0.1, 0.15) is 25.5 Å². The van der Waals surface area contributed by atoms with Crippen LogP contribution < -0.4 is 0 Å². The summed E-state index contributed by atoms with van der Waals surface area (Å²) in [6.07, 6.45) is 9.25. The maximum Gasteiger partial charge on any atom is 0.107 e. The van der Waals surface area contributed by atoms with E-state index in [0.29, 0.717) is 5.92 Å². The van der Waals surface area contributed by atoms with Gasteiger partial charge in [-0.2, -0.15) is 5.10 Å². The van der Waals surface area contributed by atoms with Gasteiger partial charge in [-0.1, -0.05) is 0 Å². The Morgan fingerprint density at radius 1 is 1.29 bits per heavy atom. The van der Waals surface area contributed by atoms with E-state index >= 15 is 0 Å². The quantitative estimate of drug-likeness (QED) is 0.864. The molecule has 3 heterocycles. The molecular formula is C16H23N5. The Bertz CT molecular complexity index is 575. The van der Waals surface area contributed by atoms with Crippen molar-refractivity contribution in [3.05, 3.63) is 30.4 Å². The molecule has 1 aliphatic heterocycles. The number of nitrogens with zero attached hydrogens (tertiary/aromatic N) is 5. The first-order valence-electron chi connectivity index (χ1n) is 7.78. The van der Waals surface area contributed by atoms with E-state index in [1.54, 1.807) is 0 Å². The van der Waals surface area contributed by atoms with Gasteiger partial charge in [-0.25, -0.2) is 0 Å². The Balaban J connectivity index is 1.69. The van der Waals surface area contributed by atoms with Crippen LogP contribution in [0.5, 0.6) is 0 Å². The molecular weight excluding hydrogens is 262 g/mol. The lowest BCUT2D eigenvalue weighted by Gasteiger charge is -2.29. The third-order valence-electron chi connectivity index (χ3n) is 4.20. The summed E-state index contributed by atoms with van der Waals surface area (Å²) in [5.41, 5.74) is 3.04. The molecule has 0 aromatic carbocycles. The van der Waals surface area contributed by atoms with E-state index in [1.807, 2.05) is 29.3 Å². The second-order valence-corrected chi connectivity index (χ2v) is 5.90. The first-order valence-corrected chi connectivity index (χ1v) is 7.78. The van der Waals surface area contributed by atoms with Gasteiger partial charge in [0.15, 0.2) is 0 Å². The molecule has 0 spiro atoms. The Labute approximate surface area is 126 Å². The van der Waals surface area contributed by atoms with Gasteiger partial charge in [0, 0.05) is 25.5 Å². The van der Waals surface area contributed by atoms with Crippen LogP contribution in [0.2, 0.25) is 0 Å². The fraction of sp³-hybridized carbons (Fsp3) is 0.562. The van der Waals surface area contributed by atoms with E-state index in [-0.39, 0.29) is 0 Å². The maximum absolute atomic E-state index is 4.61. The first kappa shape index (κ1) is 14.2. The Hall–Kier alpha value is -1.75. The van der Waals surface area contributed by atoms with Gasteiger partial charge in [-0.3, -0.25) is 14.6 Å². The third kappa shape index (κ3) is 3.29.